The molecule has 116 valence electrons. The predicted molar refractivity (Wildman–Crippen MR) is 86.8 cm³/mol. The van der Waals surface area contributed by atoms with Gasteiger partial charge in [0.15, 0.2) is 0 Å². The van der Waals surface area contributed by atoms with Gasteiger partial charge in [0.05, 0.1) is 0 Å². The summed E-state index contributed by atoms with van der Waals surface area (Å²) < 4.78 is 0. The molecule has 1 N–H and O–H groups in total. The van der Waals surface area contributed by atoms with E-state index in [4.69, 9.17) is 0 Å². The Morgan fingerprint density at radius 3 is 2.62 bits per heavy atom. The fraction of sp³-hybridized carbons (Fsp3) is 0.667. The van der Waals surface area contributed by atoms with Crippen LogP contribution in [0.2, 0.25) is 0 Å². The summed E-state index contributed by atoms with van der Waals surface area (Å²) in [4.78, 5) is 5.19. The molecule has 2 fully saturated rings. The lowest BCUT2D eigenvalue weighted by atomic mass is 9.89. The first-order chi connectivity index (χ1) is 10.2. The van der Waals surface area contributed by atoms with Crippen molar-refractivity contribution in [1.82, 2.24) is 9.80 Å². The van der Waals surface area contributed by atoms with Crippen LogP contribution in [0.25, 0.3) is 0 Å². The summed E-state index contributed by atoms with van der Waals surface area (Å²) in [5, 5.41) is 9.63. The van der Waals surface area contributed by atoms with Gasteiger partial charge in [-0.1, -0.05) is 18.6 Å². The molecule has 0 aromatic heterocycles. The minimum atomic E-state index is 0.402. The van der Waals surface area contributed by atoms with Gasteiger partial charge in [-0.25, -0.2) is 0 Å². The van der Waals surface area contributed by atoms with Crippen LogP contribution in [-0.4, -0.2) is 54.2 Å². The third-order valence-electron chi connectivity index (χ3n) is 5.32. The van der Waals surface area contributed by atoms with E-state index in [0.29, 0.717) is 11.7 Å². The summed E-state index contributed by atoms with van der Waals surface area (Å²) in [5.41, 5.74) is 1.31. The summed E-state index contributed by atoms with van der Waals surface area (Å²) in [6, 6.07) is 8.59. The van der Waals surface area contributed by atoms with Crippen molar-refractivity contribution in [3.8, 4) is 5.75 Å². The highest BCUT2D eigenvalue weighted by Gasteiger charge is 2.25. The number of benzene rings is 1. The molecule has 0 radical (unpaired) electrons. The van der Waals surface area contributed by atoms with E-state index >= 15 is 0 Å². The van der Waals surface area contributed by atoms with Crippen LogP contribution in [-0.2, 0) is 0 Å². The quantitative estimate of drug-likeness (QED) is 0.926. The van der Waals surface area contributed by atoms with Crippen molar-refractivity contribution in [2.24, 2.45) is 0 Å². The summed E-state index contributed by atoms with van der Waals surface area (Å²) in [7, 11) is 2.28. The Labute approximate surface area is 128 Å². The Hall–Kier alpha value is -1.06. The lowest BCUT2D eigenvalue weighted by Gasteiger charge is -2.39. The van der Waals surface area contributed by atoms with Gasteiger partial charge >= 0.3 is 0 Å². The number of aromatic hydroxyl groups is 1. The van der Waals surface area contributed by atoms with Gasteiger partial charge in [0.2, 0.25) is 0 Å². The highest BCUT2D eigenvalue weighted by Crippen LogP contribution is 2.30. The molecule has 0 aliphatic carbocycles. The first-order valence-corrected chi connectivity index (χ1v) is 8.44. The van der Waals surface area contributed by atoms with Crippen LogP contribution in [0.3, 0.4) is 0 Å². The molecule has 3 rings (SSSR count). The zero-order valence-corrected chi connectivity index (χ0v) is 13.2. The maximum absolute atomic E-state index is 9.63. The standard InChI is InChI=1S/C18H28N2O/c1-19-10-3-2-6-17(19)14-20-11-8-15(9-12-20)16-5-4-7-18(21)13-16/h4-5,7,13,15,17,21H,2-3,6,8-12,14H2,1H3/t17-/m0/s1. The topological polar surface area (TPSA) is 26.7 Å². The van der Waals surface area contributed by atoms with Crippen LogP contribution in [0.5, 0.6) is 5.75 Å². The highest BCUT2D eigenvalue weighted by atomic mass is 16.3. The fourth-order valence-corrected chi connectivity index (χ4v) is 3.90. The average Bonchev–Trinajstić information content (AvgIpc) is 2.50. The maximum atomic E-state index is 9.63. The number of rotatable bonds is 3. The molecule has 2 heterocycles. The van der Waals surface area contributed by atoms with Crippen LogP contribution < -0.4 is 0 Å². The Bertz CT molecular complexity index is 454. The monoisotopic (exact) mass is 288 g/mol. The second-order valence-electron chi connectivity index (χ2n) is 6.80. The van der Waals surface area contributed by atoms with Gasteiger partial charge in [0.25, 0.3) is 0 Å². The van der Waals surface area contributed by atoms with E-state index in [1.807, 2.05) is 12.1 Å². The molecule has 2 aliphatic rings. The third-order valence-corrected chi connectivity index (χ3v) is 5.32. The van der Waals surface area contributed by atoms with Gasteiger partial charge in [-0.05, 0) is 76.0 Å². The molecular weight excluding hydrogens is 260 g/mol. The van der Waals surface area contributed by atoms with Crippen molar-refractivity contribution < 1.29 is 5.11 Å². The number of hydrogen-bond acceptors (Lipinski definition) is 3. The van der Waals surface area contributed by atoms with Crippen molar-refractivity contribution >= 4 is 0 Å². The van der Waals surface area contributed by atoms with Gasteiger partial charge in [-0.2, -0.15) is 0 Å². The molecule has 3 nitrogen and oxygen atoms in total. The number of phenols is 1. The number of likely N-dealkylation sites (tertiary alicyclic amines) is 2. The van der Waals surface area contributed by atoms with E-state index in [2.05, 4.69) is 22.9 Å². The van der Waals surface area contributed by atoms with Gasteiger partial charge in [-0.3, -0.25) is 0 Å². The zero-order valence-electron chi connectivity index (χ0n) is 13.2. The molecule has 3 heteroatoms. The number of nitrogens with zero attached hydrogens (tertiary/aromatic N) is 2. The molecule has 2 saturated heterocycles. The molecular formula is C18H28N2O. The molecule has 0 bridgehead atoms. The third kappa shape index (κ3) is 3.78. The molecule has 21 heavy (non-hydrogen) atoms. The Balaban J connectivity index is 1.51. The second kappa shape index (κ2) is 6.80. The van der Waals surface area contributed by atoms with Gasteiger partial charge in [0, 0.05) is 12.6 Å². The van der Waals surface area contributed by atoms with Crippen LogP contribution in [0.4, 0.5) is 0 Å². The molecule has 0 spiro atoms. The summed E-state index contributed by atoms with van der Waals surface area (Å²) in [5.74, 6) is 1.02. The molecule has 1 aromatic rings. The van der Waals surface area contributed by atoms with Gasteiger partial charge in [-0.15, -0.1) is 0 Å². The number of likely N-dealkylation sites (N-methyl/N-ethyl adjacent to an activating group) is 1. The SMILES string of the molecule is CN1CCCC[C@H]1CN1CCC(c2cccc(O)c2)CC1. The molecule has 0 amide bonds. The van der Waals surface area contributed by atoms with Gasteiger partial charge < -0.3 is 14.9 Å². The maximum Gasteiger partial charge on any atom is 0.115 e. The van der Waals surface area contributed by atoms with Crippen molar-refractivity contribution in [2.45, 2.75) is 44.1 Å². The lowest BCUT2D eigenvalue weighted by Crippen LogP contribution is -2.46. The summed E-state index contributed by atoms with van der Waals surface area (Å²) >= 11 is 0. The van der Waals surface area contributed by atoms with Crippen molar-refractivity contribution in [2.75, 3.05) is 33.2 Å². The smallest absolute Gasteiger partial charge is 0.115 e. The summed E-state index contributed by atoms with van der Waals surface area (Å²) in [6.07, 6.45) is 6.57. The average molecular weight is 288 g/mol. The Morgan fingerprint density at radius 1 is 1.10 bits per heavy atom. The largest absolute Gasteiger partial charge is 0.508 e. The van der Waals surface area contributed by atoms with Crippen molar-refractivity contribution in [3.63, 3.8) is 0 Å². The minimum Gasteiger partial charge on any atom is -0.508 e. The van der Waals surface area contributed by atoms with E-state index in [1.54, 1.807) is 6.07 Å². The Kier molecular flexibility index (Phi) is 4.81. The van der Waals surface area contributed by atoms with Crippen LogP contribution in [0.15, 0.2) is 24.3 Å². The van der Waals surface area contributed by atoms with Crippen molar-refractivity contribution in [3.05, 3.63) is 29.8 Å². The number of hydrogen-bond donors (Lipinski definition) is 1. The Morgan fingerprint density at radius 2 is 1.90 bits per heavy atom. The molecule has 0 unspecified atom stereocenters. The second-order valence-corrected chi connectivity index (χ2v) is 6.80. The molecule has 0 saturated carbocycles. The van der Waals surface area contributed by atoms with E-state index in [-0.39, 0.29) is 0 Å². The predicted octanol–water partition coefficient (Wildman–Crippen LogP) is 3.06. The minimum absolute atomic E-state index is 0.402. The lowest BCUT2D eigenvalue weighted by molar-refractivity contribution is 0.112. The number of phenolic OH excluding ortho intramolecular Hbond substituents is 1. The first kappa shape index (κ1) is 14.9. The number of piperidine rings is 2. The van der Waals surface area contributed by atoms with Gasteiger partial charge in [0.1, 0.15) is 5.75 Å². The fourth-order valence-electron chi connectivity index (χ4n) is 3.90. The first-order valence-electron chi connectivity index (χ1n) is 8.44. The normalized spacial score (nSPS) is 26.0. The van der Waals surface area contributed by atoms with E-state index in [9.17, 15) is 5.11 Å². The molecule has 1 aromatic carbocycles. The van der Waals surface area contributed by atoms with Crippen LogP contribution in [0, 0.1) is 0 Å². The van der Waals surface area contributed by atoms with Crippen LogP contribution >= 0.6 is 0 Å². The van der Waals surface area contributed by atoms with Crippen molar-refractivity contribution in [1.29, 1.82) is 0 Å². The van der Waals surface area contributed by atoms with E-state index in [0.717, 1.165) is 6.04 Å². The van der Waals surface area contributed by atoms with E-state index < -0.39 is 0 Å². The zero-order chi connectivity index (χ0) is 14.7. The molecule has 2 aliphatic heterocycles. The highest BCUT2D eigenvalue weighted by molar-refractivity contribution is 5.30. The summed E-state index contributed by atoms with van der Waals surface area (Å²) in [6.45, 7) is 4.91. The van der Waals surface area contributed by atoms with E-state index in [1.165, 1.54) is 63.8 Å². The molecule has 1 atom stereocenters. The van der Waals surface area contributed by atoms with Crippen LogP contribution in [0.1, 0.15) is 43.6 Å².